The lowest BCUT2D eigenvalue weighted by Crippen LogP contribution is -2.24. The van der Waals surface area contributed by atoms with Gasteiger partial charge in [-0.1, -0.05) is 0 Å². The molecule has 0 amide bonds. The van der Waals surface area contributed by atoms with Gasteiger partial charge in [-0.05, 0) is 37.3 Å². The van der Waals surface area contributed by atoms with E-state index >= 15 is 0 Å². The van der Waals surface area contributed by atoms with Crippen LogP contribution in [0.5, 0.6) is 0 Å². The van der Waals surface area contributed by atoms with Crippen LogP contribution in [0.15, 0.2) is 17.2 Å². The third-order valence-corrected chi connectivity index (χ3v) is 5.31. The van der Waals surface area contributed by atoms with Crippen LogP contribution in [-0.2, 0) is 16.6 Å². The van der Waals surface area contributed by atoms with Crippen molar-refractivity contribution in [3.63, 3.8) is 0 Å². The molecule has 3 N–H and O–H groups in total. The highest BCUT2D eigenvalue weighted by Crippen LogP contribution is 2.37. The van der Waals surface area contributed by atoms with Crippen LogP contribution in [0, 0.1) is 0 Å². The molecule has 1 fully saturated rings. The van der Waals surface area contributed by atoms with Gasteiger partial charge in [0.05, 0.1) is 4.90 Å². The summed E-state index contributed by atoms with van der Waals surface area (Å²) in [7, 11) is -3.39. The number of sulfonamides is 1. The van der Waals surface area contributed by atoms with Crippen LogP contribution in [0.1, 0.15) is 31.0 Å². The first kappa shape index (κ1) is 14.9. The van der Waals surface area contributed by atoms with Gasteiger partial charge < -0.3 is 10.3 Å². The quantitative estimate of drug-likeness (QED) is 0.710. The molecule has 1 aromatic rings. The highest BCUT2D eigenvalue weighted by atomic mass is 32.2. The van der Waals surface area contributed by atoms with E-state index in [9.17, 15) is 8.42 Å². The first-order valence-electron chi connectivity index (χ1n) is 6.48. The Bertz CT molecular complexity index is 521. The number of hydrogen-bond donors (Lipinski definition) is 2. The van der Waals surface area contributed by atoms with Crippen LogP contribution in [0.3, 0.4) is 0 Å². The van der Waals surface area contributed by atoms with Gasteiger partial charge in [0.1, 0.15) is 0 Å². The number of rotatable bonds is 8. The van der Waals surface area contributed by atoms with Crippen molar-refractivity contribution >= 4 is 21.8 Å². The number of nitrogens with zero attached hydrogens (tertiary/aromatic N) is 1. The minimum atomic E-state index is -3.39. The molecular weight excluding hydrogens is 282 g/mol. The van der Waals surface area contributed by atoms with E-state index in [4.69, 9.17) is 5.73 Å². The van der Waals surface area contributed by atoms with E-state index < -0.39 is 10.0 Å². The molecule has 1 saturated carbocycles. The molecule has 7 heteroatoms. The SMILES string of the molecule is CSCCCNS(=O)(=O)c1cc(CN)n(C2CC2)c1. The second-order valence-corrected chi connectivity index (χ2v) is 7.51. The second-order valence-electron chi connectivity index (χ2n) is 4.75. The van der Waals surface area contributed by atoms with Crippen LogP contribution in [0.2, 0.25) is 0 Å². The van der Waals surface area contributed by atoms with E-state index in [1.165, 1.54) is 0 Å². The minimum Gasteiger partial charge on any atom is -0.346 e. The van der Waals surface area contributed by atoms with Gasteiger partial charge in [0, 0.05) is 31.0 Å². The molecule has 1 aliphatic rings. The molecule has 108 valence electrons. The van der Waals surface area contributed by atoms with Crippen LogP contribution in [0.25, 0.3) is 0 Å². The van der Waals surface area contributed by atoms with Crippen LogP contribution in [-0.4, -0.2) is 31.5 Å². The molecule has 0 saturated heterocycles. The molecule has 0 unspecified atom stereocenters. The maximum atomic E-state index is 12.1. The molecule has 0 aliphatic heterocycles. The third kappa shape index (κ3) is 3.75. The van der Waals surface area contributed by atoms with Gasteiger partial charge in [0.15, 0.2) is 0 Å². The van der Waals surface area contributed by atoms with Gasteiger partial charge in [0.2, 0.25) is 10.0 Å². The van der Waals surface area contributed by atoms with Crippen molar-refractivity contribution in [3.8, 4) is 0 Å². The summed E-state index contributed by atoms with van der Waals surface area (Å²) >= 11 is 1.71. The summed E-state index contributed by atoms with van der Waals surface area (Å²) < 4.78 is 28.9. The molecule has 0 spiro atoms. The lowest BCUT2D eigenvalue weighted by atomic mass is 10.4. The van der Waals surface area contributed by atoms with Crippen molar-refractivity contribution in [3.05, 3.63) is 18.0 Å². The predicted octanol–water partition coefficient (Wildman–Crippen LogP) is 1.31. The highest BCUT2D eigenvalue weighted by molar-refractivity contribution is 7.98. The summed E-state index contributed by atoms with van der Waals surface area (Å²) in [5, 5.41) is 0. The van der Waals surface area contributed by atoms with Crippen molar-refractivity contribution < 1.29 is 8.42 Å². The Morgan fingerprint density at radius 1 is 1.53 bits per heavy atom. The average Bonchev–Trinajstić information content (AvgIpc) is 3.13. The van der Waals surface area contributed by atoms with E-state index in [0.29, 0.717) is 24.0 Å². The van der Waals surface area contributed by atoms with Gasteiger partial charge in [-0.25, -0.2) is 13.1 Å². The van der Waals surface area contributed by atoms with Crippen molar-refractivity contribution in [2.75, 3.05) is 18.6 Å². The number of nitrogens with one attached hydrogen (secondary N) is 1. The summed E-state index contributed by atoms with van der Waals surface area (Å²) in [6, 6.07) is 2.13. The Hall–Kier alpha value is -0.500. The van der Waals surface area contributed by atoms with E-state index in [-0.39, 0.29) is 0 Å². The molecule has 1 heterocycles. The van der Waals surface area contributed by atoms with Crippen LogP contribution in [0.4, 0.5) is 0 Å². The monoisotopic (exact) mass is 303 g/mol. The fourth-order valence-electron chi connectivity index (χ4n) is 2.01. The molecule has 19 heavy (non-hydrogen) atoms. The van der Waals surface area contributed by atoms with E-state index in [1.807, 2.05) is 10.8 Å². The van der Waals surface area contributed by atoms with Gasteiger partial charge in [-0.15, -0.1) is 0 Å². The Balaban J connectivity index is 2.07. The molecule has 1 aromatic heterocycles. The Labute approximate surface area is 119 Å². The fraction of sp³-hybridized carbons (Fsp3) is 0.667. The number of hydrogen-bond acceptors (Lipinski definition) is 4. The van der Waals surface area contributed by atoms with Crippen molar-refractivity contribution in [1.82, 2.24) is 9.29 Å². The molecule has 0 bridgehead atoms. The van der Waals surface area contributed by atoms with E-state index in [2.05, 4.69) is 4.72 Å². The Morgan fingerprint density at radius 3 is 2.84 bits per heavy atom. The third-order valence-electron chi connectivity index (χ3n) is 3.18. The lowest BCUT2D eigenvalue weighted by Gasteiger charge is -2.04. The summed E-state index contributed by atoms with van der Waals surface area (Å²) in [4.78, 5) is 0.337. The van der Waals surface area contributed by atoms with Gasteiger partial charge in [-0.3, -0.25) is 0 Å². The number of nitrogens with two attached hydrogens (primary N) is 1. The topological polar surface area (TPSA) is 77.1 Å². The zero-order chi connectivity index (χ0) is 13.9. The van der Waals surface area contributed by atoms with Gasteiger partial charge in [-0.2, -0.15) is 11.8 Å². The zero-order valence-electron chi connectivity index (χ0n) is 11.1. The lowest BCUT2D eigenvalue weighted by molar-refractivity contribution is 0.580. The molecular formula is C12H21N3O2S2. The summed E-state index contributed by atoms with van der Waals surface area (Å²) in [6.07, 6.45) is 6.80. The van der Waals surface area contributed by atoms with E-state index in [1.54, 1.807) is 24.0 Å². The Morgan fingerprint density at radius 2 is 2.26 bits per heavy atom. The zero-order valence-corrected chi connectivity index (χ0v) is 12.8. The maximum absolute atomic E-state index is 12.1. The van der Waals surface area contributed by atoms with Crippen molar-refractivity contribution in [2.45, 2.75) is 36.7 Å². The molecule has 2 rings (SSSR count). The minimum absolute atomic E-state index is 0.337. The maximum Gasteiger partial charge on any atom is 0.242 e. The Kier molecular flexibility index (Phi) is 4.94. The van der Waals surface area contributed by atoms with Gasteiger partial charge in [0.25, 0.3) is 0 Å². The average molecular weight is 303 g/mol. The largest absolute Gasteiger partial charge is 0.346 e. The first-order valence-corrected chi connectivity index (χ1v) is 9.35. The fourth-order valence-corrected chi connectivity index (χ4v) is 3.56. The van der Waals surface area contributed by atoms with Crippen molar-refractivity contribution in [2.24, 2.45) is 5.73 Å². The van der Waals surface area contributed by atoms with Gasteiger partial charge >= 0.3 is 0 Å². The van der Waals surface area contributed by atoms with E-state index in [0.717, 1.165) is 30.7 Å². The molecule has 5 nitrogen and oxygen atoms in total. The molecule has 0 radical (unpaired) electrons. The summed E-state index contributed by atoms with van der Waals surface area (Å²) in [5.41, 5.74) is 6.57. The smallest absolute Gasteiger partial charge is 0.242 e. The first-order chi connectivity index (χ1) is 9.08. The summed E-state index contributed by atoms with van der Waals surface area (Å²) in [6.45, 7) is 0.855. The number of thioether (sulfide) groups is 1. The normalized spacial score (nSPS) is 15.9. The molecule has 0 aromatic carbocycles. The highest BCUT2D eigenvalue weighted by Gasteiger charge is 2.27. The van der Waals surface area contributed by atoms with Crippen LogP contribution < -0.4 is 10.5 Å². The number of aromatic nitrogens is 1. The second kappa shape index (κ2) is 6.30. The molecule has 0 atom stereocenters. The summed E-state index contributed by atoms with van der Waals surface area (Å²) in [5.74, 6) is 0.958. The predicted molar refractivity (Wildman–Crippen MR) is 78.8 cm³/mol. The molecule has 1 aliphatic carbocycles. The standard InChI is InChI=1S/C12H21N3O2S2/c1-18-6-2-5-14-19(16,17)12-7-11(8-13)15(9-12)10-3-4-10/h7,9-10,14H,2-6,8,13H2,1H3. The van der Waals surface area contributed by atoms with Crippen LogP contribution >= 0.6 is 11.8 Å². The van der Waals surface area contributed by atoms with Crippen molar-refractivity contribution in [1.29, 1.82) is 0 Å².